The summed E-state index contributed by atoms with van der Waals surface area (Å²) in [6, 6.07) is 15.1. The topological polar surface area (TPSA) is 32.3 Å². The van der Waals surface area contributed by atoms with Gasteiger partial charge >= 0.3 is 0 Å². The van der Waals surface area contributed by atoms with Crippen LogP contribution in [-0.4, -0.2) is 18.5 Å². The van der Waals surface area contributed by atoms with Crippen molar-refractivity contribution in [2.24, 2.45) is 0 Å². The van der Waals surface area contributed by atoms with Gasteiger partial charge in [0, 0.05) is 30.4 Å². The maximum absolute atomic E-state index is 12.3. The largest absolute Gasteiger partial charge is 0.368 e. The van der Waals surface area contributed by atoms with Crippen LogP contribution in [0.2, 0.25) is 0 Å². The lowest BCUT2D eigenvalue weighted by Gasteiger charge is -2.24. The Hall–Kier alpha value is -2.29. The van der Waals surface area contributed by atoms with Crippen LogP contribution in [0.3, 0.4) is 0 Å². The number of hydrogen-bond acceptors (Lipinski definition) is 2. The molecule has 1 aliphatic rings. The van der Waals surface area contributed by atoms with Crippen molar-refractivity contribution in [2.45, 2.75) is 39.7 Å². The van der Waals surface area contributed by atoms with E-state index in [0.29, 0.717) is 12.5 Å². The minimum Gasteiger partial charge on any atom is -0.368 e. The van der Waals surface area contributed by atoms with Gasteiger partial charge in [-0.25, -0.2) is 0 Å². The summed E-state index contributed by atoms with van der Waals surface area (Å²) in [6.45, 7) is 7.08. The third-order valence-electron chi connectivity index (χ3n) is 4.43. The van der Waals surface area contributed by atoms with E-state index in [1.54, 1.807) is 0 Å². The van der Waals surface area contributed by atoms with E-state index in [0.717, 1.165) is 18.7 Å². The summed E-state index contributed by atoms with van der Waals surface area (Å²) in [5.74, 6) is 0.0755. The highest BCUT2D eigenvalue weighted by Gasteiger charge is 2.25. The van der Waals surface area contributed by atoms with Crippen LogP contribution in [0.1, 0.15) is 30.0 Å². The molecule has 1 atom stereocenters. The maximum atomic E-state index is 12.3. The lowest BCUT2D eigenvalue weighted by atomic mass is 10.1. The van der Waals surface area contributed by atoms with Crippen molar-refractivity contribution in [3.05, 3.63) is 59.2 Å². The van der Waals surface area contributed by atoms with Gasteiger partial charge in [0.1, 0.15) is 0 Å². The highest BCUT2D eigenvalue weighted by molar-refractivity contribution is 5.91. The Morgan fingerprint density at radius 1 is 1.17 bits per heavy atom. The van der Waals surface area contributed by atoms with Gasteiger partial charge in [-0.3, -0.25) is 4.79 Å². The Bertz CT molecular complexity index is 703. The Labute approximate surface area is 138 Å². The summed E-state index contributed by atoms with van der Waals surface area (Å²) in [4.78, 5) is 14.6. The Balaban J connectivity index is 1.61. The lowest BCUT2D eigenvalue weighted by molar-refractivity contribution is -0.116. The van der Waals surface area contributed by atoms with Crippen LogP contribution in [-0.2, 0) is 11.2 Å². The van der Waals surface area contributed by atoms with E-state index >= 15 is 0 Å². The summed E-state index contributed by atoms with van der Waals surface area (Å²) < 4.78 is 0. The van der Waals surface area contributed by atoms with E-state index < -0.39 is 0 Å². The summed E-state index contributed by atoms with van der Waals surface area (Å²) >= 11 is 0. The number of nitrogens with zero attached hydrogens (tertiary/aromatic N) is 1. The second kappa shape index (κ2) is 6.45. The van der Waals surface area contributed by atoms with Crippen molar-refractivity contribution >= 4 is 17.3 Å². The summed E-state index contributed by atoms with van der Waals surface area (Å²) in [5.41, 5.74) is 5.89. The molecule has 0 saturated carbocycles. The fourth-order valence-electron chi connectivity index (χ4n) is 3.46. The number of anilines is 2. The molecule has 0 spiro atoms. The monoisotopic (exact) mass is 308 g/mol. The SMILES string of the molecule is Cc1cc(C)cc(NC(=O)CCN2c3ccccc3CC2C)c1. The Morgan fingerprint density at radius 3 is 2.61 bits per heavy atom. The van der Waals surface area contributed by atoms with Crippen molar-refractivity contribution in [3.63, 3.8) is 0 Å². The molecule has 2 aromatic rings. The van der Waals surface area contributed by atoms with Gasteiger partial charge in [0.15, 0.2) is 0 Å². The highest BCUT2D eigenvalue weighted by Crippen LogP contribution is 2.31. The van der Waals surface area contributed by atoms with Crippen molar-refractivity contribution in [1.29, 1.82) is 0 Å². The molecule has 2 aromatic carbocycles. The van der Waals surface area contributed by atoms with E-state index in [9.17, 15) is 4.79 Å². The fraction of sp³-hybridized carbons (Fsp3) is 0.350. The number of carbonyl (C=O) groups excluding carboxylic acids is 1. The zero-order valence-corrected chi connectivity index (χ0v) is 14.1. The number of amides is 1. The first-order valence-corrected chi connectivity index (χ1v) is 8.25. The standard InChI is InChI=1S/C20H24N2O/c1-14-10-15(2)12-18(11-14)21-20(23)8-9-22-16(3)13-17-6-4-5-7-19(17)22/h4-7,10-12,16H,8-9,13H2,1-3H3,(H,21,23). The maximum Gasteiger partial charge on any atom is 0.226 e. The molecule has 3 nitrogen and oxygen atoms in total. The first-order chi connectivity index (χ1) is 11.0. The molecule has 23 heavy (non-hydrogen) atoms. The number of para-hydroxylation sites is 1. The molecular formula is C20H24N2O. The minimum absolute atomic E-state index is 0.0755. The predicted molar refractivity (Wildman–Crippen MR) is 96.1 cm³/mol. The van der Waals surface area contributed by atoms with Gasteiger partial charge in [0.25, 0.3) is 0 Å². The number of nitrogens with one attached hydrogen (secondary N) is 1. The molecule has 120 valence electrons. The first-order valence-electron chi connectivity index (χ1n) is 8.25. The Kier molecular flexibility index (Phi) is 4.37. The quantitative estimate of drug-likeness (QED) is 0.923. The van der Waals surface area contributed by atoms with Crippen LogP contribution in [0.15, 0.2) is 42.5 Å². The van der Waals surface area contributed by atoms with E-state index in [-0.39, 0.29) is 5.91 Å². The number of hydrogen-bond donors (Lipinski definition) is 1. The molecule has 3 heteroatoms. The van der Waals surface area contributed by atoms with Crippen LogP contribution in [0.5, 0.6) is 0 Å². The van der Waals surface area contributed by atoms with Gasteiger partial charge in [-0.05, 0) is 62.1 Å². The lowest BCUT2D eigenvalue weighted by Crippen LogP contribution is -2.32. The smallest absolute Gasteiger partial charge is 0.226 e. The first kappa shape index (κ1) is 15.6. The average Bonchev–Trinajstić information content (AvgIpc) is 2.79. The second-order valence-corrected chi connectivity index (χ2v) is 6.55. The fourth-order valence-corrected chi connectivity index (χ4v) is 3.46. The zero-order chi connectivity index (χ0) is 16.4. The van der Waals surface area contributed by atoms with Gasteiger partial charge in [0.05, 0.1) is 0 Å². The average molecular weight is 308 g/mol. The van der Waals surface area contributed by atoms with Crippen molar-refractivity contribution in [2.75, 3.05) is 16.8 Å². The molecule has 0 radical (unpaired) electrons. The molecule has 3 rings (SSSR count). The zero-order valence-electron chi connectivity index (χ0n) is 14.1. The Morgan fingerprint density at radius 2 is 1.87 bits per heavy atom. The third-order valence-corrected chi connectivity index (χ3v) is 4.43. The van der Waals surface area contributed by atoms with E-state index in [1.807, 2.05) is 26.0 Å². The molecular weight excluding hydrogens is 284 g/mol. The molecule has 0 saturated heterocycles. The molecule has 1 N–H and O–H groups in total. The molecule has 1 unspecified atom stereocenters. The molecule has 0 bridgehead atoms. The summed E-state index contributed by atoms with van der Waals surface area (Å²) in [6.07, 6.45) is 1.57. The second-order valence-electron chi connectivity index (χ2n) is 6.55. The molecule has 0 fully saturated rings. The molecule has 0 aliphatic carbocycles. The summed E-state index contributed by atoms with van der Waals surface area (Å²) in [5, 5.41) is 3.02. The van der Waals surface area contributed by atoms with Crippen LogP contribution in [0.25, 0.3) is 0 Å². The molecule has 1 aliphatic heterocycles. The third kappa shape index (κ3) is 3.55. The van der Waals surface area contributed by atoms with E-state index in [1.165, 1.54) is 22.4 Å². The van der Waals surface area contributed by atoms with E-state index in [4.69, 9.17) is 0 Å². The number of carbonyl (C=O) groups is 1. The number of aryl methyl sites for hydroxylation is 2. The highest BCUT2D eigenvalue weighted by atomic mass is 16.1. The van der Waals surface area contributed by atoms with Gasteiger partial charge < -0.3 is 10.2 Å². The van der Waals surface area contributed by atoms with Gasteiger partial charge in [-0.1, -0.05) is 24.3 Å². The van der Waals surface area contributed by atoms with Gasteiger partial charge in [0.2, 0.25) is 5.91 Å². The normalized spacial score (nSPS) is 16.3. The van der Waals surface area contributed by atoms with Crippen LogP contribution in [0.4, 0.5) is 11.4 Å². The number of benzene rings is 2. The van der Waals surface area contributed by atoms with Crippen molar-refractivity contribution in [1.82, 2.24) is 0 Å². The van der Waals surface area contributed by atoms with E-state index in [2.05, 4.69) is 47.5 Å². The molecule has 1 amide bonds. The van der Waals surface area contributed by atoms with Crippen molar-refractivity contribution in [3.8, 4) is 0 Å². The number of rotatable bonds is 4. The van der Waals surface area contributed by atoms with Gasteiger partial charge in [-0.2, -0.15) is 0 Å². The van der Waals surface area contributed by atoms with Gasteiger partial charge in [-0.15, -0.1) is 0 Å². The van der Waals surface area contributed by atoms with Crippen LogP contribution < -0.4 is 10.2 Å². The predicted octanol–water partition coefficient (Wildman–Crippen LogP) is 4.08. The molecule has 1 heterocycles. The number of fused-ring (bicyclic) bond motifs is 1. The van der Waals surface area contributed by atoms with Crippen LogP contribution in [0, 0.1) is 13.8 Å². The molecule has 0 aromatic heterocycles. The summed E-state index contributed by atoms with van der Waals surface area (Å²) in [7, 11) is 0. The van der Waals surface area contributed by atoms with Crippen molar-refractivity contribution < 1.29 is 4.79 Å². The minimum atomic E-state index is 0.0755. The van der Waals surface area contributed by atoms with Crippen LogP contribution >= 0.6 is 0 Å².